The van der Waals surface area contributed by atoms with Crippen molar-refractivity contribution >= 4 is 73.4 Å². The Morgan fingerprint density at radius 2 is 1.00 bits per heavy atom. The van der Waals surface area contributed by atoms with Crippen molar-refractivity contribution in [2.24, 2.45) is 0 Å². The van der Waals surface area contributed by atoms with E-state index in [1.165, 1.54) is 70.6 Å². The SMILES string of the molecule is CCCCCCCCCCCCCCCCCCC(CC(=O)O)(C(=O)O)S(=O)(=O)O.[KH]. The molecule has 0 bridgehead atoms. The Morgan fingerprint density at radius 1 is 0.677 bits per heavy atom. The van der Waals surface area contributed by atoms with Crippen LogP contribution in [0.25, 0.3) is 0 Å². The van der Waals surface area contributed by atoms with E-state index in [0.29, 0.717) is 6.42 Å². The molecule has 0 amide bonds. The predicted octanol–water partition coefficient (Wildman–Crippen LogP) is 5.18. The van der Waals surface area contributed by atoms with Gasteiger partial charge in [-0.3, -0.25) is 14.1 Å². The zero-order valence-corrected chi connectivity index (χ0v) is 19.4. The second-order valence-electron chi connectivity index (χ2n) is 8.40. The van der Waals surface area contributed by atoms with Crippen LogP contribution in [0.4, 0.5) is 0 Å². The molecule has 0 aliphatic carbocycles. The van der Waals surface area contributed by atoms with Crippen LogP contribution in [0.2, 0.25) is 0 Å². The van der Waals surface area contributed by atoms with Crippen LogP contribution in [0.3, 0.4) is 0 Å². The van der Waals surface area contributed by atoms with Gasteiger partial charge in [0.05, 0.1) is 6.42 Å². The first-order valence-electron chi connectivity index (χ1n) is 11.6. The van der Waals surface area contributed by atoms with E-state index in [0.717, 1.165) is 19.3 Å². The molecule has 0 rings (SSSR count). The van der Waals surface area contributed by atoms with Gasteiger partial charge in [-0.2, -0.15) is 8.42 Å². The molecular formula is C22H43KO7S. The van der Waals surface area contributed by atoms with Crippen LogP contribution in [-0.2, 0) is 19.7 Å². The molecular weight excluding hydrogens is 447 g/mol. The van der Waals surface area contributed by atoms with Gasteiger partial charge < -0.3 is 10.2 Å². The number of rotatable bonds is 21. The molecule has 1 atom stereocenters. The fourth-order valence-corrected chi connectivity index (χ4v) is 4.73. The third-order valence-corrected chi connectivity index (χ3v) is 7.27. The fourth-order valence-electron chi connectivity index (χ4n) is 3.80. The van der Waals surface area contributed by atoms with Crippen LogP contribution in [0.15, 0.2) is 0 Å². The van der Waals surface area contributed by atoms with E-state index in [1.807, 2.05) is 0 Å². The third kappa shape index (κ3) is 15.9. The topological polar surface area (TPSA) is 129 Å². The second-order valence-corrected chi connectivity index (χ2v) is 10.1. The molecule has 0 aromatic heterocycles. The number of hydrogen-bond donors (Lipinski definition) is 3. The molecule has 1 unspecified atom stereocenters. The van der Waals surface area contributed by atoms with E-state index >= 15 is 0 Å². The number of hydrogen-bond acceptors (Lipinski definition) is 4. The Hall–Kier alpha value is 0.486. The normalized spacial score (nSPS) is 13.4. The summed E-state index contributed by atoms with van der Waals surface area (Å²) in [5.41, 5.74) is 0. The zero-order chi connectivity index (χ0) is 22.9. The van der Waals surface area contributed by atoms with Crippen LogP contribution in [-0.4, -0.2) is 91.3 Å². The molecule has 0 radical (unpaired) electrons. The number of carboxylic acids is 2. The number of carbonyl (C=O) groups is 2. The summed E-state index contributed by atoms with van der Waals surface area (Å²) in [6.45, 7) is 2.23. The zero-order valence-electron chi connectivity index (χ0n) is 18.6. The number of unbranched alkanes of at least 4 members (excludes halogenated alkanes) is 15. The molecule has 3 N–H and O–H groups in total. The van der Waals surface area contributed by atoms with E-state index in [-0.39, 0.29) is 57.8 Å². The first kappa shape index (κ1) is 33.7. The van der Waals surface area contributed by atoms with Crippen LogP contribution < -0.4 is 0 Å². The van der Waals surface area contributed by atoms with Gasteiger partial charge in [-0.25, -0.2) is 0 Å². The van der Waals surface area contributed by atoms with Crippen LogP contribution >= 0.6 is 0 Å². The summed E-state index contributed by atoms with van der Waals surface area (Å²) in [5.74, 6) is -3.38. The monoisotopic (exact) mass is 490 g/mol. The molecule has 0 saturated heterocycles. The molecule has 0 saturated carbocycles. The summed E-state index contributed by atoms with van der Waals surface area (Å²) in [6.07, 6.45) is 16.6. The molecule has 0 spiro atoms. The van der Waals surface area contributed by atoms with Gasteiger partial charge in [-0.1, -0.05) is 110 Å². The van der Waals surface area contributed by atoms with Gasteiger partial charge in [0.2, 0.25) is 4.75 Å². The van der Waals surface area contributed by atoms with E-state index in [1.54, 1.807) is 0 Å². The van der Waals surface area contributed by atoms with E-state index in [9.17, 15) is 27.7 Å². The Bertz CT molecular complexity index is 580. The van der Waals surface area contributed by atoms with E-state index < -0.39 is 39.6 Å². The standard InChI is InChI=1S/C22H42O7S.K.H/c1-2-3-4-5-6-7-8-9-10-11-12-13-14-15-16-17-18-22(21(25)26,19-20(23)24)30(27,28)29;;/h2-19H2,1H3,(H,23,24)(H,25,26)(H,27,28,29);;. The van der Waals surface area contributed by atoms with Crippen molar-refractivity contribution in [3.8, 4) is 0 Å². The van der Waals surface area contributed by atoms with Crippen molar-refractivity contribution in [2.45, 2.75) is 127 Å². The van der Waals surface area contributed by atoms with Gasteiger partial charge in [0.1, 0.15) is 0 Å². The van der Waals surface area contributed by atoms with Gasteiger partial charge >= 0.3 is 63.3 Å². The van der Waals surface area contributed by atoms with Crippen molar-refractivity contribution in [1.82, 2.24) is 0 Å². The molecule has 180 valence electrons. The quantitative estimate of drug-likeness (QED) is 0.115. The summed E-state index contributed by atoms with van der Waals surface area (Å²) in [7, 11) is -5.02. The van der Waals surface area contributed by atoms with Crippen LogP contribution in [0, 0.1) is 0 Å². The molecule has 7 nitrogen and oxygen atoms in total. The molecule has 0 fully saturated rings. The fraction of sp³-hybridized carbons (Fsp3) is 0.909. The Kier molecular flexibility index (Phi) is 21.6. The average Bonchev–Trinajstić information content (AvgIpc) is 2.65. The molecule has 0 aliphatic heterocycles. The van der Waals surface area contributed by atoms with Gasteiger partial charge in [0.15, 0.2) is 0 Å². The number of aliphatic carboxylic acids is 2. The first-order chi connectivity index (χ1) is 14.2. The molecule has 0 aromatic rings. The van der Waals surface area contributed by atoms with E-state index in [2.05, 4.69) is 6.92 Å². The molecule has 9 heteroatoms. The summed E-state index contributed by atoms with van der Waals surface area (Å²) in [5, 5.41) is 18.1. The Morgan fingerprint density at radius 3 is 1.26 bits per heavy atom. The molecule has 31 heavy (non-hydrogen) atoms. The third-order valence-electron chi connectivity index (χ3n) is 5.75. The summed E-state index contributed by atoms with van der Waals surface area (Å²) in [6, 6.07) is 0. The van der Waals surface area contributed by atoms with Gasteiger partial charge in [0, 0.05) is 0 Å². The minimum absolute atomic E-state index is 0. The van der Waals surface area contributed by atoms with Crippen molar-refractivity contribution in [3.05, 3.63) is 0 Å². The maximum absolute atomic E-state index is 11.5. The second kappa shape index (κ2) is 19.9. The molecule has 0 aromatic carbocycles. The Labute approximate surface area is 231 Å². The predicted molar refractivity (Wildman–Crippen MR) is 125 cm³/mol. The number of carboxylic acid groups (broad SMARTS) is 2. The van der Waals surface area contributed by atoms with E-state index in [4.69, 9.17) is 5.11 Å². The minimum atomic E-state index is -5.02. The molecule has 0 heterocycles. The first-order valence-corrected chi connectivity index (χ1v) is 13.0. The summed E-state index contributed by atoms with van der Waals surface area (Å²) >= 11 is 0. The van der Waals surface area contributed by atoms with Gasteiger partial charge in [-0.05, 0) is 6.42 Å². The Balaban J connectivity index is 0. The average molecular weight is 491 g/mol. The van der Waals surface area contributed by atoms with Gasteiger partial charge in [-0.15, -0.1) is 0 Å². The van der Waals surface area contributed by atoms with Crippen LogP contribution in [0.5, 0.6) is 0 Å². The van der Waals surface area contributed by atoms with Crippen molar-refractivity contribution in [1.29, 1.82) is 0 Å². The summed E-state index contributed by atoms with van der Waals surface area (Å²) in [4.78, 5) is 22.3. The molecule has 0 aliphatic rings. The van der Waals surface area contributed by atoms with Crippen molar-refractivity contribution in [2.75, 3.05) is 0 Å². The van der Waals surface area contributed by atoms with Crippen LogP contribution in [0.1, 0.15) is 122 Å². The van der Waals surface area contributed by atoms with Crippen molar-refractivity contribution < 1.29 is 32.8 Å². The summed E-state index contributed by atoms with van der Waals surface area (Å²) < 4.78 is 29.7. The van der Waals surface area contributed by atoms with Crippen molar-refractivity contribution in [3.63, 3.8) is 0 Å². The maximum atomic E-state index is 11.5. The van der Waals surface area contributed by atoms with Gasteiger partial charge in [0.25, 0.3) is 10.1 Å².